The van der Waals surface area contributed by atoms with Crippen molar-refractivity contribution in [2.75, 3.05) is 0 Å². The molecule has 5 nitrogen and oxygen atoms in total. The van der Waals surface area contributed by atoms with Crippen molar-refractivity contribution in [1.29, 1.82) is 0 Å². The van der Waals surface area contributed by atoms with Crippen LogP contribution < -0.4 is 0 Å². The summed E-state index contributed by atoms with van der Waals surface area (Å²) in [4.78, 5) is 32.5. The van der Waals surface area contributed by atoms with Crippen molar-refractivity contribution < 1.29 is 24.6 Å². The summed E-state index contributed by atoms with van der Waals surface area (Å²) in [5, 5.41) is 17.9. The van der Waals surface area contributed by atoms with E-state index >= 15 is 0 Å². The van der Waals surface area contributed by atoms with E-state index in [1.807, 2.05) is 0 Å². The Kier molecular flexibility index (Phi) is 3.92. The molecular weight excluding hydrogens is 188 g/mol. The summed E-state index contributed by atoms with van der Waals surface area (Å²) in [6.45, 7) is 6.12. The van der Waals surface area contributed by atoms with Gasteiger partial charge in [-0.05, 0) is 12.2 Å². The third-order valence-corrected chi connectivity index (χ3v) is 1.59. The van der Waals surface area contributed by atoms with E-state index in [1.165, 1.54) is 0 Å². The topological polar surface area (TPSA) is 91.7 Å². The van der Waals surface area contributed by atoms with Gasteiger partial charge in [-0.2, -0.15) is 0 Å². The lowest BCUT2D eigenvalue weighted by atomic mass is 9.89. The minimum atomic E-state index is -2.57. The first-order valence-electron chi connectivity index (χ1n) is 3.66. The first-order chi connectivity index (χ1) is 6.38. The van der Waals surface area contributed by atoms with Crippen LogP contribution >= 0.6 is 0 Å². The summed E-state index contributed by atoms with van der Waals surface area (Å²) in [7, 11) is 0. The van der Waals surface area contributed by atoms with E-state index in [4.69, 9.17) is 5.11 Å². The van der Waals surface area contributed by atoms with Gasteiger partial charge in [0.25, 0.3) is 0 Å². The van der Waals surface area contributed by atoms with Crippen molar-refractivity contribution in [2.45, 2.75) is 12.0 Å². The highest BCUT2D eigenvalue weighted by atomic mass is 16.4. The van der Waals surface area contributed by atoms with Gasteiger partial charge in [-0.1, -0.05) is 13.2 Å². The number of rotatable bonds is 6. The minimum Gasteiger partial charge on any atom is -0.481 e. The Hall–Kier alpha value is -1.75. The maximum Gasteiger partial charge on any atom is 0.307 e. The molecule has 0 spiro atoms. The number of carbonyl (C=O) groups excluding carboxylic acids is 2. The molecule has 0 aromatic rings. The number of hydrogen-bond donors (Lipinski definition) is 2. The van der Waals surface area contributed by atoms with E-state index in [-0.39, 0.29) is 0 Å². The van der Waals surface area contributed by atoms with Crippen molar-refractivity contribution in [2.24, 2.45) is 0 Å². The van der Waals surface area contributed by atoms with Crippen molar-refractivity contribution in [1.82, 2.24) is 0 Å². The van der Waals surface area contributed by atoms with Crippen molar-refractivity contribution in [3.8, 4) is 0 Å². The Morgan fingerprint density at radius 1 is 1.14 bits per heavy atom. The summed E-state index contributed by atoms with van der Waals surface area (Å²) in [6.07, 6.45) is 0.400. The first-order valence-corrected chi connectivity index (χ1v) is 3.66. The van der Waals surface area contributed by atoms with Crippen LogP contribution in [0.3, 0.4) is 0 Å². The zero-order valence-corrected chi connectivity index (χ0v) is 7.40. The standard InChI is InChI=1S/C9H10O5/c1-3-6(10)9(14,5-8(12)13)7(11)4-2/h3-4,14H,1-2,5H2,(H,12,13). The smallest absolute Gasteiger partial charge is 0.307 e. The van der Waals surface area contributed by atoms with Gasteiger partial charge in [-0.25, -0.2) is 0 Å². The first kappa shape index (κ1) is 12.2. The third-order valence-electron chi connectivity index (χ3n) is 1.59. The van der Waals surface area contributed by atoms with Crippen LogP contribution in [0, 0.1) is 0 Å². The van der Waals surface area contributed by atoms with Crippen LogP contribution in [0.5, 0.6) is 0 Å². The molecule has 0 atom stereocenters. The largest absolute Gasteiger partial charge is 0.481 e. The van der Waals surface area contributed by atoms with Crippen LogP contribution in [0.4, 0.5) is 0 Å². The van der Waals surface area contributed by atoms with Crippen LogP contribution in [-0.2, 0) is 14.4 Å². The van der Waals surface area contributed by atoms with Crippen molar-refractivity contribution in [3.63, 3.8) is 0 Å². The fourth-order valence-corrected chi connectivity index (χ4v) is 0.852. The Morgan fingerprint density at radius 2 is 1.50 bits per heavy atom. The average molecular weight is 198 g/mol. The Labute approximate surface area is 80.4 Å². The number of aliphatic hydroxyl groups is 1. The quantitative estimate of drug-likeness (QED) is 0.451. The Bertz CT molecular complexity index is 282. The zero-order chi connectivity index (χ0) is 11.4. The van der Waals surface area contributed by atoms with Crippen molar-refractivity contribution >= 4 is 17.5 Å². The molecule has 0 bridgehead atoms. The van der Waals surface area contributed by atoms with Gasteiger partial charge in [-0.15, -0.1) is 0 Å². The molecule has 0 aliphatic carbocycles. The maximum absolute atomic E-state index is 11.1. The Balaban J connectivity index is 5.12. The molecule has 0 fully saturated rings. The maximum atomic E-state index is 11.1. The monoisotopic (exact) mass is 198 g/mol. The van der Waals surface area contributed by atoms with E-state index in [0.717, 1.165) is 0 Å². The van der Waals surface area contributed by atoms with Gasteiger partial charge in [0, 0.05) is 0 Å². The number of ketones is 2. The van der Waals surface area contributed by atoms with E-state index in [1.54, 1.807) is 0 Å². The molecule has 0 rings (SSSR count). The van der Waals surface area contributed by atoms with E-state index in [2.05, 4.69) is 13.2 Å². The second kappa shape index (κ2) is 4.48. The number of carboxylic acid groups (broad SMARTS) is 1. The predicted molar refractivity (Wildman–Crippen MR) is 47.6 cm³/mol. The number of carbonyl (C=O) groups is 3. The molecular formula is C9H10O5. The van der Waals surface area contributed by atoms with Crippen LogP contribution in [0.15, 0.2) is 25.3 Å². The van der Waals surface area contributed by atoms with Gasteiger partial charge in [0.1, 0.15) is 0 Å². The summed E-state index contributed by atoms with van der Waals surface area (Å²) in [5.74, 6) is -3.56. The van der Waals surface area contributed by atoms with E-state index in [9.17, 15) is 19.5 Å². The molecule has 0 aromatic heterocycles. The fraction of sp³-hybridized carbons (Fsp3) is 0.222. The second-order valence-electron chi connectivity index (χ2n) is 2.57. The lowest BCUT2D eigenvalue weighted by Crippen LogP contribution is -2.46. The zero-order valence-electron chi connectivity index (χ0n) is 7.40. The molecule has 0 aliphatic rings. The van der Waals surface area contributed by atoms with Gasteiger partial charge < -0.3 is 10.2 Å². The Morgan fingerprint density at radius 3 is 1.71 bits per heavy atom. The third kappa shape index (κ3) is 2.37. The number of aliphatic carboxylic acids is 1. The van der Waals surface area contributed by atoms with Crippen molar-refractivity contribution in [3.05, 3.63) is 25.3 Å². The molecule has 0 aromatic carbocycles. The molecule has 76 valence electrons. The van der Waals surface area contributed by atoms with Crippen LogP contribution in [0.1, 0.15) is 6.42 Å². The number of carboxylic acids is 1. The van der Waals surface area contributed by atoms with Crippen LogP contribution in [-0.4, -0.2) is 33.3 Å². The van der Waals surface area contributed by atoms with Gasteiger partial charge in [-0.3, -0.25) is 14.4 Å². The molecule has 0 radical (unpaired) electrons. The summed E-state index contributed by atoms with van der Waals surface area (Å²) < 4.78 is 0. The fourth-order valence-electron chi connectivity index (χ4n) is 0.852. The molecule has 2 N–H and O–H groups in total. The summed E-state index contributed by atoms with van der Waals surface area (Å²) >= 11 is 0. The molecule has 5 heteroatoms. The van der Waals surface area contributed by atoms with Gasteiger partial charge in [0.2, 0.25) is 0 Å². The molecule has 0 aliphatic heterocycles. The molecule has 0 heterocycles. The van der Waals surface area contributed by atoms with Crippen LogP contribution in [0.2, 0.25) is 0 Å². The summed E-state index contributed by atoms with van der Waals surface area (Å²) in [6, 6.07) is 0. The summed E-state index contributed by atoms with van der Waals surface area (Å²) in [5.41, 5.74) is -2.57. The molecule has 0 saturated heterocycles. The predicted octanol–water partition coefficient (Wildman–Crippen LogP) is -0.298. The molecule has 0 saturated carbocycles. The van der Waals surface area contributed by atoms with Gasteiger partial charge >= 0.3 is 5.97 Å². The molecule has 14 heavy (non-hydrogen) atoms. The van der Waals surface area contributed by atoms with Gasteiger partial charge in [0.05, 0.1) is 6.42 Å². The highest BCUT2D eigenvalue weighted by Crippen LogP contribution is 2.14. The molecule has 0 unspecified atom stereocenters. The lowest BCUT2D eigenvalue weighted by molar-refractivity contribution is -0.155. The average Bonchev–Trinajstić information content (AvgIpc) is 2.13. The van der Waals surface area contributed by atoms with E-state index < -0.39 is 29.6 Å². The van der Waals surface area contributed by atoms with E-state index in [0.29, 0.717) is 12.2 Å². The van der Waals surface area contributed by atoms with Gasteiger partial charge in [0.15, 0.2) is 17.2 Å². The minimum absolute atomic E-state index is 0.699. The second-order valence-corrected chi connectivity index (χ2v) is 2.57. The number of hydrogen-bond acceptors (Lipinski definition) is 4. The lowest BCUT2D eigenvalue weighted by Gasteiger charge is -2.19. The normalized spacial score (nSPS) is 10.4. The highest BCUT2D eigenvalue weighted by Gasteiger charge is 2.42. The SMILES string of the molecule is C=CC(=O)C(O)(CC(=O)O)C(=O)C=C. The molecule has 0 amide bonds. The highest BCUT2D eigenvalue weighted by molar-refractivity contribution is 6.19. The van der Waals surface area contributed by atoms with Crippen LogP contribution in [0.25, 0.3) is 0 Å².